The fraction of sp³-hybridized carbons (Fsp3) is 0.714. The van der Waals surface area contributed by atoms with Gasteiger partial charge in [-0.1, -0.05) is 0 Å². The molecule has 0 spiro atoms. The summed E-state index contributed by atoms with van der Waals surface area (Å²) in [6.45, 7) is 7.37. The van der Waals surface area contributed by atoms with E-state index in [1.165, 1.54) is 25.9 Å². The molecule has 4 heteroatoms. The zero-order valence-corrected chi connectivity index (χ0v) is 10.9. The van der Waals surface area contributed by atoms with Crippen molar-refractivity contribution in [2.45, 2.75) is 25.4 Å². The van der Waals surface area contributed by atoms with Gasteiger partial charge in [-0.15, -0.1) is 0 Å². The Balaban J connectivity index is 1.45. The topological polar surface area (TPSA) is 28.9 Å². The molecule has 0 amide bonds. The highest BCUT2D eigenvalue weighted by molar-refractivity contribution is 4.98. The van der Waals surface area contributed by atoms with Crippen molar-refractivity contribution in [1.29, 1.82) is 0 Å². The van der Waals surface area contributed by atoms with Crippen molar-refractivity contribution in [2.24, 2.45) is 0 Å². The summed E-state index contributed by atoms with van der Waals surface area (Å²) in [4.78, 5) is 5.10. The van der Waals surface area contributed by atoms with Gasteiger partial charge in [-0.25, -0.2) is 0 Å². The first-order valence-corrected chi connectivity index (χ1v) is 6.98. The van der Waals surface area contributed by atoms with E-state index in [2.05, 4.69) is 15.9 Å². The number of likely N-dealkylation sites (tertiary alicyclic amines) is 1. The highest BCUT2D eigenvalue weighted by Gasteiger charge is 2.25. The van der Waals surface area contributed by atoms with Gasteiger partial charge in [-0.3, -0.25) is 9.80 Å². The number of hydrogen-bond donors (Lipinski definition) is 0. The van der Waals surface area contributed by atoms with Crippen LogP contribution in [-0.4, -0.2) is 55.2 Å². The standard InChI is InChI=1S/C14H22N2O2/c1-2-14(18-9-1)12-15-5-3-13(4-6-15)16-7-10-17-11-8-16/h1-2,9,13H,3-8,10-12H2. The van der Waals surface area contributed by atoms with Gasteiger partial charge >= 0.3 is 0 Å². The third kappa shape index (κ3) is 2.94. The van der Waals surface area contributed by atoms with E-state index < -0.39 is 0 Å². The number of rotatable bonds is 3. The maximum Gasteiger partial charge on any atom is 0.117 e. The van der Waals surface area contributed by atoms with Gasteiger partial charge in [0.05, 0.1) is 26.0 Å². The lowest BCUT2D eigenvalue weighted by Gasteiger charge is -2.39. The molecule has 2 fully saturated rings. The van der Waals surface area contributed by atoms with Crippen molar-refractivity contribution in [2.75, 3.05) is 39.4 Å². The summed E-state index contributed by atoms with van der Waals surface area (Å²) in [5.41, 5.74) is 0. The van der Waals surface area contributed by atoms with Crippen LogP contribution in [0.5, 0.6) is 0 Å². The minimum Gasteiger partial charge on any atom is -0.468 e. The maximum atomic E-state index is 5.42. The summed E-state index contributed by atoms with van der Waals surface area (Å²) < 4.78 is 10.8. The molecule has 2 aliphatic rings. The lowest BCUT2D eigenvalue weighted by atomic mass is 10.0. The Morgan fingerprint density at radius 1 is 1.11 bits per heavy atom. The summed E-state index contributed by atoms with van der Waals surface area (Å²) in [6, 6.07) is 4.80. The van der Waals surface area contributed by atoms with Crippen LogP contribution in [0.2, 0.25) is 0 Å². The van der Waals surface area contributed by atoms with E-state index >= 15 is 0 Å². The van der Waals surface area contributed by atoms with Crippen molar-refractivity contribution in [3.05, 3.63) is 24.2 Å². The van der Waals surface area contributed by atoms with E-state index in [0.717, 1.165) is 44.7 Å². The molecular formula is C14H22N2O2. The lowest BCUT2D eigenvalue weighted by molar-refractivity contribution is -0.000252. The van der Waals surface area contributed by atoms with Crippen LogP contribution in [0.1, 0.15) is 18.6 Å². The first kappa shape index (κ1) is 12.2. The highest BCUT2D eigenvalue weighted by atomic mass is 16.5. The van der Waals surface area contributed by atoms with Crippen LogP contribution in [-0.2, 0) is 11.3 Å². The molecule has 4 nitrogen and oxygen atoms in total. The molecule has 0 atom stereocenters. The fourth-order valence-corrected chi connectivity index (χ4v) is 3.01. The van der Waals surface area contributed by atoms with Crippen LogP contribution in [0.15, 0.2) is 22.8 Å². The largest absolute Gasteiger partial charge is 0.468 e. The molecule has 18 heavy (non-hydrogen) atoms. The Morgan fingerprint density at radius 2 is 1.89 bits per heavy atom. The van der Waals surface area contributed by atoms with Crippen LogP contribution >= 0.6 is 0 Å². The molecule has 2 saturated heterocycles. The summed E-state index contributed by atoms with van der Waals surface area (Å²) in [5.74, 6) is 1.08. The van der Waals surface area contributed by atoms with E-state index in [9.17, 15) is 0 Å². The Morgan fingerprint density at radius 3 is 2.56 bits per heavy atom. The van der Waals surface area contributed by atoms with E-state index in [0.29, 0.717) is 0 Å². The SMILES string of the molecule is c1coc(CN2CCC(N3CCOCC3)CC2)c1. The van der Waals surface area contributed by atoms with Gasteiger partial charge < -0.3 is 9.15 Å². The summed E-state index contributed by atoms with van der Waals surface area (Å²) in [5, 5.41) is 0. The third-order valence-electron chi connectivity index (χ3n) is 4.08. The van der Waals surface area contributed by atoms with Gasteiger partial charge in [0.2, 0.25) is 0 Å². The number of nitrogens with zero attached hydrogens (tertiary/aromatic N) is 2. The van der Waals surface area contributed by atoms with Crippen molar-refractivity contribution >= 4 is 0 Å². The predicted molar refractivity (Wildman–Crippen MR) is 69.4 cm³/mol. The second-order valence-corrected chi connectivity index (χ2v) is 5.24. The second kappa shape index (κ2) is 5.87. The molecular weight excluding hydrogens is 228 g/mol. The van der Waals surface area contributed by atoms with E-state index in [4.69, 9.17) is 9.15 Å². The van der Waals surface area contributed by atoms with Crippen LogP contribution < -0.4 is 0 Å². The molecule has 0 aliphatic carbocycles. The molecule has 0 bridgehead atoms. The highest BCUT2D eigenvalue weighted by Crippen LogP contribution is 2.19. The minimum atomic E-state index is 0.766. The fourth-order valence-electron chi connectivity index (χ4n) is 3.01. The minimum absolute atomic E-state index is 0.766. The molecule has 1 aromatic rings. The molecule has 0 radical (unpaired) electrons. The summed E-state index contributed by atoms with van der Waals surface area (Å²) >= 11 is 0. The zero-order chi connectivity index (χ0) is 12.2. The van der Waals surface area contributed by atoms with Crippen LogP contribution in [0.4, 0.5) is 0 Å². The summed E-state index contributed by atoms with van der Waals surface area (Å²) in [6.07, 6.45) is 4.32. The first-order valence-electron chi connectivity index (χ1n) is 6.98. The van der Waals surface area contributed by atoms with Crippen LogP contribution in [0.3, 0.4) is 0 Å². The van der Waals surface area contributed by atoms with E-state index in [1.807, 2.05) is 6.07 Å². The molecule has 100 valence electrons. The number of hydrogen-bond acceptors (Lipinski definition) is 4. The molecule has 0 unspecified atom stereocenters. The van der Waals surface area contributed by atoms with E-state index in [1.54, 1.807) is 6.26 Å². The normalized spacial score (nSPS) is 24.4. The third-order valence-corrected chi connectivity index (χ3v) is 4.08. The van der Waals surface area contributed by atoms with Crippen molar-refractivity contribution in [1.82, 2.24) is 9.80 Å². The van der Waals surface area contributed by atoms with E-state index in [-0.39, 0.29) is 0 Å². The van der Waals surface area contributed by atoms with Crippen LogP contribution in [0.25, 0.3) is 0 Å². The van der Waals surface area contributed by atoms with Crippen molar-refractivity contribution in [3.63, 3.8) is 0 Å². The van der Waals surface area contributed by atoms with Gasteiger partial charge in [0, 0.05) is 32.2 Å². The van der Waals surface area contributed by atoms with Gasteiger partial charge in [0.15, 0.2) is 0 Å². The maximum absolute atomic E-state index is 5.42. The Labute approximate surface area is 108 Å². The summed E-state index contributed by atoms with van der Waals surface area (Å²) in [7, 11) is 0. The average Bonchev–Trinajstić information content (AvgIpc) is 2.94. The van der Waals surface area contributed by atoms with Gasteiger partial charge in [-0.2, -0.15) is 0 Å². The van der Waals surface area contributed by atoms with Crippen molar-refractivity contribution in [3.8, 4) is 0 Å². The Kier molecular flexibility index (Phi) is 3.98. The number of morpholine rings is 1. The molecule has 0 saturated carbocycles. The van der Waals surface area contributed by atoms with Gasteiger partial charge in [-0.05, 0) is 25.0 Å². The lowest BCUT2D eigenvalue weighted by Crippen LogP contribution is -2.48. The molecule has 1 aromatic heterocycles. The molecule has 3 heterocycles. The number of furan rings is 1. The number of ether oxygens (including phenoxy) is 1. The number of piperidine rings is 1. The Bertz CT molecular complexity index is 339. The second-order valence-electron chi connectivity index (χ2n) is 5.24. The Hall–Kier alpha value is -0.840. The smallest absolute Gasteiger partial charge is 0.117 e. The van der Waals surface area contributed by atoms with Crippen molar-refractivity contribution < 1.29 is 9.15 Å². The predicted octanol–water partition coefficient (Wildman–Crippen LogP) is 1.58. The average molecular weight is 250 g/mol. The zero-order valence-electron chi connectivity index (χ0n) is 10.9. The molecule has 3 rings (SSSR count). The molecule has 0 N–H and O–H groups in total. The van der Waals surface area contributed by atoms with Crippen LogP contribution in [0, 0.1) is 0 Å². The first-order chi connectivity index (χ1) is 8.92. The van der Waals surface area contributed by atoms with Gasteiger partial charge in [0.25, 0.3) is 0 Å². The monoisotopic (exact) mass is 250 g/mol. The molecule has 2 aliphatic heterocycles. The quantitative estimate of drug-likeness (QED) is 0.814. The molecule has 0 aromatic carbocycles. The van der Waals surface area contributed by atoms with Gasteiger partial charge in [0.1, 0.15) is 5.76 Å².